The minimum atomic E-state index is -0.237. The Morgan fingerprint density at radius 3 is 2.62 bits per heavy atom. The Morgan fingerprint density at radius 2 is 2.10 bits per heavy atom. The predicted molar refractivity (Wildman–Crippen MR) is 84.4 cm³/mol. The predicted octanol–water partition coefficient (Wildman–Crippen LogP) is 2.19. The molecule has 5 nitrogen and oxygen atoms in total. The van der Waals surface area contributed by atoms with Crippen molar-refractivity contribution in [1.82, 2.24) is 5.32 Å². The smallest absolute Gasteiger partial charge is 0.255 e. The highest BCUT2D eigenvalue weighted by molar-refractivity contribution is 5.98. The number of ether oxygens (including phenoxy) is 1. The molecule has 0 aliphatic rings. The number of rotatable bonds is 6. The van der Waals surface area contributed by atoms with E-state index in [0.717, 1.165) is 0 Å². The summed E-state index contributed by atoms with van der Waals surface area (Å²) in [5.41, 5.74) is 6.59. The van der Waals surface area contributed by atoms with Gasteiger partial charge >= 0.3 is 0 Å². The summed E-state index contributed by atoms with van der Waals surface area (Å²) in [6, 6.07) is 4.99. The van der Waals surface area contributed by atoms with Crippen LogP contribution in [-0.4, -0.2) is 30.3 Å². The molecule has 0 aliphatic carbocycles. The van der Waals surface area contributed by atoms with Gasteiger partial charge in [0, 0.05) is 12.6 Å². The first-order valence-corrected chi connectivity index (χ1v) is 7.24. The lowest BCUT2D eigenvalue weighted by Gasteiger charge is -2.31. The van der Waals surface area contributed by atoms with Crippen molar-refractivity contribution in [2.75, 3.05) is 18.9 Å². The van der Waals surface area contributed by atoms with E-state index < -0.39 is 0 Å². The van der Waals surface area contributed by atoms with Crippen molar-refractivity contribution < 1.29 is 14.6 Å². The highest BCUT2D eigenvalue weighted by Crippen LogP contribution is 2.28. The largest absolute Gasteiger partial charge is 0.491 e. The lowest BCUT2D eigenvalue weighted by molar-refractivity contribution is 0.0881. The molecule has 1 aromatic rings. The fraction of sp³-hybridized carbons (Fsp3) is 0.562. The summed E-state index contributed by atoms with van der Waals surface area (Å²) < 4.78 is 5.48. The van der Waals surface area contributed by atoms with Crippen LogP contribution in [0.15, 0.2) is 18.2 Å². The van der Waals surface area contributed by atoms with Crippen LogP contribution in [0.25, 0.3) is 0 Å². The lowest BCUT2D eigenvalue weighted by atomic mass is 9.84. The van der Waals surface area contributed by atoms with Gasteiger partial charge in [-0.1, -0.05) is 26.8 Å². The molecule has 0 saturated heterocycles. The van der Waals surface area contributed by atoms with Gasteiger partial charge in [-0.05, 0) is 30.9 Å². The van der Waals surface area contributed by atoms with Gasteiger partial charge in [0.15, 0.2) is 5.75 Å². The Balaban J connectivity index is 3.00. The Morgan fingerprint density at radius 1 is 1.43 bits per heavy atom. The number of nitrogens with one attached hydrogen (secondary N) is 1. The normalized spacial score (nSPS) is 12.8. The zero-order valence-electron chi connectivity index (χ0n) is 13.3. The number of aliphatic hydroxyl groups is 1. The minimum Gasteiger partial charge on any atom is -0.491 e. The van der Waals surface area contributed by atoms with Gasteiger partial charge in [-0.3, -0.25) is 4.79 Å². The second-order valence-electron chi connectivity index (χ2n) is 6.06. The van der Waals surface area contributed by atoms with Gasteiger partial charge in [0.25, 0.3) is 5.91 Å². The maximum Gasteiger partial charge on any atom is 0.255 e. The molecule has 1 amide bonds. The number of amides is 1. The first-order chi connectivity index (χ1) is 9.81. The van der Waals surface area contributed by atoms with Crippen molar-refractivity contribution in [2.24, 2.45) is 5.41 Å². The third-order valence-electron chi connectivity index (χ3n) is 3.35. The molecule has 0 saturated carbocycles. The molecule has 0 bridgehead atoms. The van der Waals surface area contributed by atoms with E-state index in [0.29, 0.717) is 30.0 Å². The van der Waals surface area contributed by atoms with Crippen molar-refractivity contribution >= 4 is 11.6 Å². The van der Waals surface area contributed by atoms with E-state index in [9.17, 15) is 9.90 Å². The van der Waals surface area contributed by atoms with Gasteiger partial charge in [-0.25, -0.2) is 0 Å². The molecule has 5 heteroatoms. The SMILES string of the molecule is CCOc1c(N)cccc1C(=O)NC(CCO)C(C)(C)C. The molecular weight excluding hydrogens is 268 g/mol. The Labute approximate surface area is 126 Å². The number of hydrogen-bond acceptors (Lipinski definition) is 4. The zero-order chi connectivity index (χ0) is 16.0. The van der Waals surface area contributed by atoms with Gasteiger partial charge in [-0.2, -0.15) is 0 Å². The Hall–Kier alpha value is -1.75. The molecule has 1 aromatic carbocycles. The number of carbonyl (C=O) groups is 1. The number of nitrogen functional groups attached to an aromatic ring is 1. The molecule has 0 aromatic heterocycles. The Kier molecular flexibility index (Phi) is 6.03. The number of anilines is 1. The van der Waals surface area contributed by atoms with Crippen LogP contribution in [-0.2, 0) is 0 Å². The molecule has 118 valence electrons. The average molecular weight is 294 g/mol. The van der Waals surface area contributed by atoms with Crippen LogP contribution in [0.3, 0.4) is 0 Å². The van der Waals surface area contributed by atoms with E-state index in [1.54, 1.807) is 18.2 Å². The molecule has 0 aliphatic heterocycles. The van der Waals surface area contributed by atoms with Crippen molar-refractivity contribution in [3.05, 3.63) is 23.8 Å². The second kappa shape index (κ2) is 7.31. The van der Waals surface area contributed by atoms with Crippen LogP contribution >= 0.6 is 0 Å². The molecule has 1 rings (SSSR count). The molecular formula is C16H26N2O3. The van der Waals surface area contributed by atoms with Crippen LogP contribution in [0.1, 0.15) is 44.5 Å². The maximum absolute atomic E-state index is 12.5. The van der Waals surface area contributed by atoms with Gasteiger partial charge in [0.05, 0.1) is 17.9 Å². The number of nitrogens with two attached hydrogens (primary N) is 1. The number of para-hydroxylation sites is 1. The summed E-state index contributed by atoms with van der Waals surface area (Å²) in [5, 5.41) is 12.1. The second-order valence-corrected chi connectivity index (χ2v) is 6.06. The van der Waals surface area contributed by atoms with E-state index in [-0.39, 0.29) is 24.0 Å². The lowest BCUT2D eigenvalue weighted by Crippen LogP contribution is -2.44. The van der Waals surface area contributed by atoms with E-state index in [4.69, 9.17) is 10.5 Å². The van der Waals surface area contributed by atoms with Gasteiger partial charge < -0.3 is 20.9 Å². The fourth-order valence-corrected chi connectivity index (χ4v) is 2.13. The molecule has 0 spiro atoms. The maximum atomic E-state index is 12.5. The van der Waals surface area contributed by atoms with Crippen LogP contribution in [0.2, 0.25) is 0 Å². The molecule has 0 fully saturated rings. The molecule has 1 unspecified atom stereocenters. The summed E-state index contributed by atoms with van der Waals surface area (Å²) in [7, 11) is 0. The Bertz CT molecular complexity index is 481. The number of hydrogen-bond donors (Lipinski definition) is 3. The van der Waals surface area contributed by atoms with Crippen molar-refractivity contribution in [1.29, 1.82) is 0 Å². The minimum absolute atomic E-state index is 0.0253. The summed E-state index contributed by atoms with van der Waals surface area (Å²) in [4.78, 5) is 12.5. The molecule has 0 heterocycles. The van der Waals surface area contributed by atoms with E-state index >= 15 is 0 Å². The average Bonchev–Trinajstić information content (AvgIpc) is 2.39. The molecule has 21 heavy (non-hydrogen) atoms. The third-order valence-corrected chi connectivity index (χ3v) is 3.35. The van der Waals surface area contributed by atoms with Crippen molar-refractivity contribution in [3.63, 3.8) is 0 Å². The molecule has 0 radical (unpaired) electrons. The van der Waals surface area contributed by atoms with Crippen molar-refractivity contribution in [2.45, 2.75) is 40.2 Å². The van der Waals surface area contributed by atoms with E-state index in [1.807, 2.05) is 27.7 Å². The van der Waals surface area contributed by atoms with Crippen LogP contribution in [0.4, 0.5) is 5.69 Å². The topological polar surface area (TPSA) is 84.6 Å². The van der Waals surface area contributed by atoms with Crippen LogP contribution in [0, 0.1) is 5.41 Å². The summed E-state index contributed by atoms with van der Waals surface area (Å²) in [5.74, 6) is 0.174. The third kappa shape index (κ3) is 4.63. The highest BCUT2D eigenvalue weighted by Gasteiger charge is 2.27. The first kappa shape index (κ1) is 17.3. The monoisotopic (exact) mass is 294 g/mol. The van der Waals surface area contributed by atoms with Gasteiger partial charge in [-0.15, -0.1) is 0 Å². The van der Waals surface area contributed by atoms with Gasteiger partial charge in [0.1, 0.15) is 0 Å². The van der Waals surface area contributed by atoms with E-state index in [1.165, 1.54) is 0 Å². The number of benzene rings is 1. The summed E-state index contributed by atoms with van der Waals surface area (Å²) in [6.07, 6.45) is 0.502. The van der Waals surface area contributed by atoms with E-state index in [2.05, 4.69) is 5.32 Å². The summed E-state index contributed by atoms with van der Waals surface area (Å²) >= 11 is 0. The number of aliphatic hydroxyl groups excluding tert-OH is 1. The van der Waals surface area contributed by atoms with Crippen LogP contribution in [0.5, 0.6) is 5.75 Å². The number of carbonyl (C=O) groups excluding carboxylic acids is 1. The first-order valence-electron chi connectivity index (χ1n) is 7.24. The fourth-order valence-electron chi connectivity index (χ4n) is 2.13. The van der Waals surface area contributed by atoms with Crippen LogP contribution < -0.4 is 15.8 Å². The quantitative estimate of drug-likeness (QED) is 0.702. The molecule has 1 atom stereocenters. The highest BCUT2D eigenvalue weighted by atomic mass is 16.5. The van der Waals surface area contributed by atoms with Crippen molar-refractivity contribution in [3.8, 4) is 5.75 Å². The standard InChI is InChI=1S/C16H26N2O3/c1-5-21-14-11(7-6-8-12(14)17)15(20)18-13(9-10-19)16(2,3)4/h6-8,13,19H,5,9-10,17H2,1-4H3,(H,18,20). The van der Waals surface area contributed by atoms with Gasteiger partial charge in [0.2, 0.25) is 0 Å². The zero-order valence-corrected chi connectivity index (χ0v) is 13.3. The molecule has 4 N–H and O–H groups in total. The summed E-state index contributed by atoms with van der Waals surface area (Å²) in [6.45, 7) is 8.38.